The molecule has 0 radical (unpaired) electrons. The molecule has 0 N–H and O–H groups in total. The third-order valence-electron chi connectivity index (χ3n) is 2.11. The molecular weight excluding hydrogens is 230 g/mol. The van der Waals surface area contributed by atoms with Crippen LogP contribution in [0.2, 0.25) is 0 Å². The van der Waals surface area contributed by atoms with E-state index in [2.05, 4.69) is 9.47 Å². The van der Waals surface area contributed by atoms with Gasteiger partial charge in [-0.1, -0.05) is 0 Å². The minimum Gasteiger partial charge on any atom is -0.468 e. The highest BCUT2D eigenvalue weighted by Gasteiger charge is 2.25. The molecule has 0 saturated carbocycles. The Bertz CT molecular complexity index is 273. The predicted molar refractivity (Wildman–Crippen MR) is 57.1 cm³/mol. The molecule has 0 aliphatic heterocycles. The van der Waals surface area contributed by atoms with Crippen molar-refractivity contribution in [2.45, 2.75) is 13.0 Å². The number of amides is 1. The van der Waals surface area contributed by atoms with Crippen LogP contribution in [0.3, 0.4) is 0 Å². The van der Waals surface area contributed by atoms with Crippen LogP contribution in [-0.2, 0) is 28.6 Å². The van der Waals surface area contributed by atoms with Crippen LogP contribution in [0, 0.1) is 0 Å². The maximum atomic E-state index is 11.8. The number of nitrogens with zero attached hydrogens (tertiary/aromatic N) is 1. The summed E-state index contributed by atoms with van der Waals surface area (Å²) in [6, 6.07) is 0. The molecule has 0 spiro atoms. The molecule has 17 heavy (non-hydrogen) atoms. The molecule has 0 bridgehead atoms. The summed E-state index contributed by atoms with van der Waals surface area (Å²) in [4.78, 5) is 35.0. The van der Waals surface area contributed by atoms with E-state index in [4.69, 9.17) is 4.74 Å². The van der Waals surface area contributed by atoms with Gasteiger partial charge in [0.15, 0.2) is 0 Å². The minimum absolute atomic E-state index is 0.321. The minimum atomic E-state index is -0.746. The van der Waals surface area contributed by atoms with Crippen molar-refractivity contribution in [3.05, 3.63) is 0 Å². The predicted octanol–water partition coefficient (Wildman–Crippen LogP) is -0.804. The molecule has 98 valence electrons. The summed E-state index contributed by atoms with van der Waals surface area (Å²) in [5.74, 6) is -1.72. The second-order valence-electron chi connectivity index (χ2n) is 3.22. The Labute approximate surface area is 99.6 Å². The number of esters is 2. The normalized spacial score (nSPS) is 11.5. The Morgan fingerprint density at radius 3 is 1.71 bits per heavy atom. The van der Waals surface area contributed by atoms with E-state index in [0.717, 1.165) is 4.90 Å². The van der Waals surface area contributed by atoms with Crippen LogP contribution >= 0.6 is 0 Å². The molecular formula is C10H17NO6. The van der Waals surface area contributed by atoms with Crippen LogP contribution in [-0.4, -0.2) is 63.3 Å². The quantitative estimate of drug-likeness (QED) is 0.571. The SMILES string of the molecule is COC(=O)CN(CC(=O)OC)C(=O)C(C)OC. The fourth-order valence-electron chi connectivity index (χ4n) is 1.01. The number of methoxy groups -OCH3 is 3. The number of ether oxygens (including phenoxy) is 3. The summed E-state index contributed by atoms with van der Waals surface area (Å²) < 4.78 is 13.7. The Hall–Kier alpha value is -1.63. The monoisotopic (exact) mass is 247 g/mol. The number of hydrogen-bond acceptors (Lipinski definition) is 6. The van der Waals surface area contributed by atoms with Crippen molar-refractivity contribution < 1.29 is 28.6 Å². The first-order valence-electron chi connectivity index (χ1n) is 4.91. The van der Waals surface area contributed by atoms with Gasteiger partial charge in [-0.15, -0.1) is 0 Å². The molecule has 0 heterocycles. The Kier molecular flexibility index (Phi) is 6.88. The molecule has 0 aromatic rings. The van der Waals surface area contributed by atoms with Crippen LogP contribution < -0.4 is 0 Å². The van der Waals surface area contributed by atoms with Crippen molar-refractivity contribution in [3.8, 4) is 0 Å². The first kappa shape index (κ1) is 15.4. The highest BCUT2D eigenvalue weighted by atomic mass is 16.5. The van der Waals surface area contributed by atoms with Crippen molar-refractivity contribution in [2.75, 3.05) is 34.4 Å². The fourth-order valence-corrected chi connectivity index (χ4v) is 1.01. The number of carbonyl (C=O) groups is 3. The number of rotatable bonds is 6. The van der Waals surface area contributed by atoms with Gasteiger partial charge < -0.3 is 19.1 Å². The molecule has 7 heteroatoms. The van der Waals surface area contributed by atoms with E-state index in [1.807, 2.05) is 0 Å². The van der Waals surface area contributed by atoms with Crippen molar-refractivity contribution in [2.24, 2.45) is 0 Å². The van der Waals surface area contributed by atoms with Crippen LogP contribution in [0.4, 0.5) is 0 Å². The van der Waals surface area contributed by atoms with Gasteiger partial charge in [0.2, 0.25) is 0 Å². The molecule has 1 amide bonds. The van der Waals surface area contributed by atoms with Crippen LogP contribution in [0.25, 0.3) is 0 Å². The van der Waals surface area contributed by atoms with E-state index in [1.165, 1.54) is 28.3 Å². The molecule has 0 rings (SSSR count). The molecule has 0 aliphatic carbocycles. The topological polar surface area (TPSA) is 82.1 Å². The van der Waals surface area contributed by atoms with E-state index in [-0.39, 0.29) is 13.1 Å². The lowest BCUT2D eigenvalue weighted by atomic mass is 10.3. The van der Waals surface area contributed by atoms with Crippen LogP contribution in [0.1, 0.15) is 6.92 Å². The summed E-state index contributed by atoms with van der Waals surface area (Å²) in [6.07, 6.45) is -0.746. The average molecular weight is 247 g/mol. The zero-order chi connectivity index (χ0) is 13.4. The van der Waals surface area contributed by atoms with Gasteiger partial charge in [0, 0.05) is 7.11 Å². The largest absolute Gasteiger partial charge is 0.468 e. The first-order valence-corrected chi connectivity index (χ1v) is 4.91. The fraction of sp³-hybridized carbons (Fsp3) is 0.700. The van der Waals surface area contributed by atoms with Crippen LogP contribution in [0.15, 0.2) is 0 Å². The lowest BCUT2D eigenvalue weighted by molar-refractivity contribution is -0.155. The lowest BCUT2D eigenvalue weighted by Crippen LogP contribution is -2.44. The zero-order valence-electron chi connectivity index (χ0n) is 10.4. The Balaban J connectivity index is 4.65. The van der Waals surface area contributed by atoms with Crippen LogP contribution in [0.5, 0.6) is 0 Å². The Morgan fingerprint density at radius 1 is 1.00 bits per heavy atom. The average Bonchev–Trinajstić information content (AvgIpc) is 2.35. The van der Waals surface area contributed by atoms with E-state index >= 15 is 0 Å². The summed E-state index contributed by atoms with van der Waals surface area (Å²) in [5.41, 5.74) is 0. The molecule has 7 nitrogen and oxygen atoms in total. The summed E-state index contributed by atoms with van der Waals surface area (Å²) in [7, 11) is 3.75. The summed E-state index contributed by atoms with van der Waals surface area (Å²) in [5, 5.41) is 0. The summed E-state index contributed by atoms with van der Waals surface area (Å²) in [6.45, 7) is 0.875. The number of hydrogen-bond donors (Lipinski definition) is 0. The molecule has 0 aliphatic rings. The van der Waals surface area contributed by atoms with Gasteiger partial charge in [0.05, 0.1) is 14.2 Å². The standard InChI is InChI=1S/C10H17NO6/c1-7(15-2)10(14)11(5-8(12)16-3)6-9(13)17-4/h7H,5-6H2,1-4H3. The molecule has 1 unspecified atom stereocenters. The highest BCUT2D eigenvalue weighted by Crippen LogP contribution is 2.00. The second-order valence-corrected chi connectivity index (χ2v) is 3.22. The first-order chi connectivity index (χ1) is 7.96. The molecule has 0 saturated heterocycles. The second kappa shape index (κ2) is 7.61. The van der Waals surface area contributed by atoms with Crippen molar-refractivity contribution in [3.63, 3.8) is 0 Å². The van der Waals surface area contributed by atoms with E-state index < -0.39 is 23.9 Å². The van der Waals surface area contributed by atoms with E-state index in [1.54, 1.807) is 0 Å². The third-order valence-corrected chi connectivity index (χ3v) is 2.11. The smallest absolute Gasteiger partial charge is 0.325 e. The molecule has 0 aromatic carbocycles. The molecule has 0 fully saturated rings. The van der Waals surface area contributed by atoms with Crippen molar-refractivity contribution in [1.29, 1.82) is 0 Å². The van der Waals surface area contributed by atoms with Gasteiger partial charge in [0.1, 0.15) is 19.2 Å². The van der Waals surface area contributed by atoms with Crippen molar-refractivity contribution >= 4 is 17.8 Å². The number of carbonyl (C=O) groups excluding carboxylic acids is 3. The Morgan fingerprint density at radius 2 is 1.41 bits per heavy atom. The van der Waals surface area contributed by atoms with E-state index in [0.29, 0.717) is 0 Å². The third kappa shape index (κ3) is 5.30. The molecule has 0 aromatic heterocycles. The molecule has 1 atom stereocenters. The maximum Gasteiger partial charge on any atom is 0.325 e. The van der Waals surface area contributed by atoms with Gasteiger partial charge in [0.25, 0.3) is 5.91 Å². The summed E-state index contributed by atoms with van der Waals surface area (Å²) >= 11 is 0. The van der Waals surface area contributed by atoms with Gasteiger partial charge in [-0.2, -0.15) is 0 Å². The van der Waals surface area contributed by atoms with Crippen molar-refractivity contribution in [1.82, 2.24) is 4.90 Å². The highest BCUT2D eigenvalue weighted by molar-refractivity contribution is 5.88. The lowest BCUT2D eigenvalue weighted by Gasteiger charge is -2.22. The maximum absolute atomic E-state index is 11.8. The van der Waals surface area contributed by atoms with Gasteiger partial charge in [-0.25, -0.2) is 0 Å². The van der Waals surface area contributed by atoms with E-state index in [9.17, 15) is 14.4 Å². The van der Waals surface area contributed by atoms with Gasteiger partial charge >= 0.3 is 11.9 Å². The zero-order valence-corrected chi connectivity index (χ0v) is 10.4. The van der Waals surface area contributed by atoms with Gasteiger partial charge in [-0.3, -0.25) is 14.4 Å². The van der Waals surface area contributed by atoms with Gasteiger partial charge in [-0.05, 0) is 6.92 Å².